The van der Waals surface area contributed by atoms with E-state index in [1.165, 1.54) is 0 Å². The zero-order chi connectivity index (χ0) is 16.6. The molecule has 1 heterocycles. The maximum Gasteiger partial charge on any atom is 0.261 e. The highest BCUT2D eigenvalue weighted by Gasteiger charge is 2.29. The van der Waals surface area contributed by atoms with E-state index in [1.54, 1.807) is 18.2 Å². The first-order valence-electron chi connectivity index (χ1n) is 7.30. The van der Waals surface area contributed by atoms with Gasteiger partial charge in [0.05, 0.1) is 23.2 Å². The fraction of sp³-hybridized carbons (Fsp3) is 0.167. The molecule has 2 N–H and O–H groups in total. The molecule has 3 amide bonds. The summed E-state index contributed by atoms with van der Waals surface area (Å²) in [5, 5.41) is 4.96. The molecule has 0 aromatic heterocycles. The van der Waals surface area contributed by atoms with Gasteiger partial charge in [-0.15, -0.1) is 0 Å². The highest BCUT2D eigenvalue weighted by Crippen LogP contribution is 2.24. The Balaban J connectivity index is 1.82. The second kappa shape index (κ2) is 5.68. The summed E-state index contributed by atoms with van der Waals surface area (Å²) >= 11 is 0. The van der Waals surface area contributed by atoms with E-state index in [2.05, 4.69) is 10.6 Å². The summed E-state index contributed by atoms with van der Waals surface area (Å²) in [4.78, 5) is 35.8. The number of hydrogen-bond acceptors (Lipinski definition) is 3. The van der Waals surface area contributed by atoms with E-state index in [4.69, 9.17) is 0 Å². The molecule has 2 aromatic rings. The van der Waals surface area contributed by atoms with Crippen LogP contribution in [0.4, 0.5) is 5.69 Å². The number of imide groups is 1. The molecule has 0 saturated carbocycles. The Hall–Kier alpha value is -2.95. The van der Waals surface area contributed by atoms with Crippen LogP contribution in [0.2, 0.25) is 0 Å². The van der Waals surface area contributed by atoms with Gasteiger partial charge in [-0.25, -0.2) is 0 Å². The van der Waals surface area contributed by atoms with Gasteiger partial charge in [0.15, 0.2) is 0 Å². The van der Waals surface area contributed by atoms with E-state index in [-0.39, 0.29) is 17.9 Å². The molecule has 23 heavy (non-hydrogen) atoms. The van der Waals surface area contributed by atoms with Crippen LogP contribution in [-0.2, 0) is 11.2 Å². The SMILES string of the molecule is Cc1ccc(CC(=O)Nc2cccc3c2C(=O)NC3=O)c(C)c1. The van der Waals surface area contributed by atoms with Gasteiger partial charge in [-0.2, -0.15) is 0 Å². The minimum atomic E-state index is -0.479. The van der Waals surface area contributed by atoms with Crippen molar-refractivity contribution >= 4 is 23.4 Å². The van der Waals surface area contributed by atoms with Crippen LogP contribution in [0.25, 0.3) is 0 Å². The van der Waals surface area contributed by atoms with Crippen LogP contribution in [-0.4, -0.2) is 17.7 Å². The molecule has 0 atom stereocenters. The average Bonchev–Trinajstić information content (AvgIpc) is 2.78. The first kappa shape index (κ1) is 15.0. The summed E-state index contributed by atoms with van der Waals surface area (Å²) in [6, 6.07) is 10.7. The van der Waals surface area contributed by atoms with Crippen LogP contribution in [0.1, 0.15) is 37.4 Å². The van der Waals surface area contributed by atoms with Crippen molar-refractivity contribution in [2.24, 2.45) is 0 Å². The lowest BCUT2D eigenvalue weighted by Gasteiger charge is -2.10. The number of carbonyl (C=O) groups is 3. The standard InChI is InChI=1S/C18H16N2O3/c1-10-6-7-12(11(2)8-10)9-15(21)19-14-5-3-4-13-16(14)18(23)20-17(13)22/h3-8H,9H2,1-2H3,(H,19,21)(H,20,22,23). The zero-order valence-corrected chi connectivity index (χ0v) is 12.9. The molecule has 0 bridgehead atoms. The van der Waals surface area contributed by atoms with E-state index in [9.17, 15) is 14.4 Å². The number of carbonyl (C=O) groups excluding carboxylic acids is 3. The van der Waals surface area contributed by atoms with Gasteiger partial charge in [-0.3, -0.25) is 19.7 Å². The third-order valence-electron chi connectivity index (χ3n) is 3.89. The van der Waals surface area contributed by atoms with Crippen LogP contribution in [0.5, 0.6) is 0 Å². The van der Waals surface area contributed by atoms with Gasteiger partial charge in [0.2, 0.25) is 5.91 Å². The fourth-order valence-electron chi connectivity index (χ4n) is 2.73. The number of hydrogen-bond donors (Lipinski definition) is 2. The zero-order valence-electron chi connectivity index (χ0n) is 12.9. The van der Waals surface area contributed by atoms with Crippen molar-refractivity contribution in [3.63, 3.8) is 0 Å². The number of benzene rings is 2. The van der Waals surface area contributed by atoms with Crippen molar-refractivity contribution in [3.05, 3.63) is 64.2 Å². The maximum atomic E-state index is 12.3. The Bertz CT molecular complexity index is 840. The van der Waals surface area contributed by atoms with Crippen LogP contribution < -0.4 is 10.6 Å². The number of aryl methyl sites for hydroxylation is 2. The summed E-state index contributed by atoms with van der Waals surface area (Å²) in [7, 11) is 0. The molecule has 0 unspecified atom stereocenters. The minimum Gasteiger partial charge on any atom is -0.325 e. The van der Waals surface area contributed by atoms with Crippen molar-refractivity contribution in [3.8, 4) is 0 Å². The van der Waals surface area contributed by atoms with Crippen molar-refractivity contribution < 1.29 is 14.4 Å². The van der Waals surface area contributed by atoms with E-state index in [0.29, 0.717) is 11.3 Å². The summed E-state index contributed by atoms with van der Waals surface area (Å²) in [6.07, 6.45) is 0.214. The molecule has 1 aliphatic rings. The maximum absolute atomic E-state index is 12.3. The van der Waals surface area contributed by atoms with Crippen molar-refractivity contribution in [1.82, 2.24) is 5.32 Å². The topological polar surface area (TPSA) is 75.3 Å². The monoisotopic (exact) mass is 308 g/mol. The quantitative estimate of drug-likeness (QED) is 0.855. The summed E-state index contributed by atoms with van der Waals surface area (Å²) in [5.41, 5.74) is 4.00. The molecule has 0 saturated heterocycles. The van der Waals surface area contributed by atoms with Gasteiger partial charge in [-0.05, 0) is 37.1 Å². The molecular formula is C18H16N2O3. The van der Waals surface area contributed by atoms with Gasteiger partial charge < -0.3 is 5.32 Å². The molecule has 0 radical (unpaired) electrons. The van der Waals surface area contributed by atoms with Crippen LogP contribution in [0, 0.1) is 13.8 Å². The first-order chi connectivity index (χ1) is 11.0. The molecule has 116 valence electrons. The predicted octanol–water partition coefficient (Wildman–Crippen LogP) is 2.37. The number of nitrogens with one attached hydrogen (secondary N) is 2. The molecule has 0 fully saturated rings. The second-order valence-corrected chi connectivity index (χ2v) is 5.67. The third kappa shape index (κ3) is 2.85. The fourth-order valence-corrected chi connectivity index (χ4v) is 2.73. The number of amides is 3. The predicted molar refractivity (Wildman–Crippen MR) is 86.5 cm³/mol. The van der Waals surface area contributed by atoms with Gasteiger partial charge in [-0.1, -0.05) is 29.8 Å². The molecule has 5 heteroatoms. The normalized spacial score (nSPS) is 12.8. The molecular weight excluding hydrogens is 292 g/mol. The number of rotatable bonds is 3. The van der Waals surface area contributed by atoms with E-state index in [1.807, 2.05) is 32.0 Å². The molecule has 3 rings (SSSR count). The molecule has 5 nitrogen and oxygen atoms in total. The lowest BCUT2D eigenvalue weighted by atomic mass is 10.0. The second-order valence-electron chi connectivity index (χ2n) is 5.67. The highest BCUT2D eigenvalue weighted by molar-refractivity contribution is 6.24. The van der Waals surface area contributed by atoms with Crippen LogP contribution in [0.3, 0.4) is 0 Å². The van der Waals surface area contributed by atoms with Gasteiger partial charge in [0.25, 0.3) is 11.8 Å². The number of anilines is 1. The molecule has 2 aromatic carbocycles. The Morgan fingerprint density at radius 3 is 2.61 bits per heavy atom. The van der Waals surface area contributed by atoms with E-state index in [0.717, 1.165) is 16.7 Å². The van der Waals surface area contributed by atoms with Crippen molar-refractivity contribution in [2.45, 2.75) is 20.3 Å². The third-order valence-corrected chi connectivity index (χ3v) is 3.89. The van der Waals surface area contributed by atoms with Crippen LogP contribution in [0.15, 0.2) is 36.4 Å². The van der Waals surface area contributed by atoms with E-state index >= 15 is 0 Å². The Kier molecular flexibility index (Phi) is 3.70. The highest BCUT2D eigenvalue weighted by atomic mass is 16.2. The lowest BCUT2D eigenvalue weighted by molar-refractivity contribution is -0.115. The lowest BCUT2D eigenvalue weighted by Crippen LogP contribution is -2.21. The molecule has 0 spiro atoms. The van der Waals surface area contributed by atoms with Crippen LogP contribution >= 0.6 is 0 Å². The Morgan fingerprint density at radius 1 is 1.09 bits per heavy atom. The smallest absolute Gasteiger partial charge is 0.261 e. The largest absolute Gasteiger partial charge is 0.325 e. The summed E-state index contributed by atoms with van der Waals surface area (Å²) in [5.74, 6) is -1.14. The van der Waals surface area contributed by atoms with Crippen molar-refractivity contribution in [1.29, 1.82) is 0 Å². The average molecular weight is 308 g/mol. The van der Waals surface area contributed by atoms with Crippen molar-refractivity contribution in [2.75, 3.05) is 5.32 Å². The summed E-state index contributed by atoms with van der Waals surface area (Å²) < 4.78 is 0. The summed E-state index contributed by atoms with van der Waals surface area (Å²) in [6.45, 7) is 3.96. The van der Waals surface area contributed by atoms with Gasteiger partial charge in [0.1, 0.15) is 0 Å². The Labute approximate surface area is 133 Å². The van der Waals surface area contributed by atoms with Gasteiger partial charge in [0, 0.05) is 0 Å². The first-order valence-corrected chi connectivity index (χ1v) is 7.30. The number of fused-ring (bicyclic) bond motifs is 1. The molecule has 0 aliphatic carbocycles. The Morgan fingerprint density at radius 2 is 1.87 bits per heavy atom. The van der Waals surface area contributed by atoms with E-state index < -0.39 is 11.8 Å². The minimum absolute atomic E-state index is 0.214. The molecule has 1 aliphatic heterocycles. The van der Waals surface area contributed by atoms with Gasteiger partial charge >= 0.3 is 0 Å².